The molecule has 3 heterocycles. The Hall–Kier alpha value is -2.46. The number of hydrogen-bond acceptors (Lipinski definition) is 3. The van der Waals surface area contributed by atoms with Gasteiger partial charge in [-0.1, -0.05) is 61.2 Å². The SMILES string of the molecule is C=CCN1Cc2sc(Cl)cc2C(c2ccccc2-c2cnc(C=C)c(C=C)c2)C1. The van der Waals surface area contributed by atoms with Gasteiger partial charge in [-0.2, -0.15) is 0 Å². The molecule has 0 fully saturated rings. The molecule has 3 aromatic rings. The lowest BCUT2D eigenvalue weighted by Crippen LogP contribution is -2.33. The smallest absolute Gasteiger partial charge is 0.0934 e. The Balaban J connectivity index is 1.84. The van der Waals surface area contributed by atoms with Gasteiger partial charge in [0.15, 0.2) is 0 Å². The van der Waals surface area contributed by atoms with E-state index >= 15 is 0 Å². The van der Waals surface area contributed by atoms with Gasteiger partial charge in [0.2, 0.25) is 0 Å². The van der Waals surface area contributed by atoms with Gasteiger partial charge in [0, 0.05) is 47.8 Å². The number of aromatic nitrogens is 1. The van der Waals surface area contributed by atoms with Crippen LogP contribution in [0.15, 0.2) is 68.4 Å². The molecule has 0 bridgehead atoms. The van der Waals surface area contributed by atoms with E-state index in [1.807, 2.05) is 18.3 Å². The van der Waals surface area contributed by atoms with Crippen molar-refractivity contribution in [2.24, 2.45) is 0 Å². The van der Waals surface area contributed by atoms with Crippen molar-refractivity contribution < 1.29 is 0 Å². The van der Waals surface area contributed by atoms with Crippen LogP contribution in [0.3, 0.4) is 0 Å². The molecule has 29 heavy (non-hydrogen) atoms. The number of nitrogens with zero attached hydrogens (tertiary/aromatic N) is 2. The van der Waals surface area contributed by atoms with E-state index in [0.717, 1.165) is 40.8 Å². The van der Waals surface area contributed by atoms with Crippen molar-refractivity contribution in [1.82, 2.24) is 9.88 Å². The first kappa shape index (κ1) is 19.8. The predicted octanol–water partition coefficient (Wildman–Crippen LogP) is 6.88. The maximum absolute atomic E-state index is 6.41. The summed E-state index contributed by atoms with van der Waals surface area (Å²) < 4.78 is 0.851. The normalized spacial score (nSPS) is 16.2. The van der Waals surface area contributed by atoms with E-state index in [4.69, 9.17) is 11.6 Å². The number of halogens is 1. The van der Waals surface area contributed by atoms with Gasteiger partial charge in [-0.3, -0.25) is 9.88 Å². The number of pyridine rings is 1. The lowest BCUT2D eigenvalue weighted by atomic mass is 9.84. The largest absolute Gasteiger partial charge is 0.294 e. The minimum absolute atomic E-state index is 0.255. The number of benzene rings is 1. The summed E-state index contributed by atoms with van der Waals surface area (Å²) in [5.41, 5.74) is 6.75. The van der Waals surface area contributed by atoms with Crippen LogP contribution in [0, 0.1) is 0 Å². The molecular formula is C25H23ClN2S. The van der Waals surface area contributed by atoms with E-state index in [1.54, 1.807) is 17.4 Å². The molecule has 2 nitrogen and oxygen atoms in total. The minimum atomic E-state index is 0.255. The van der Waals surface area contributed by atoms with Gasteiger partial charge in [0.25, 0.3) is 0 Å². The van der Waals surface area contributed by atoms with Crippen molar-refractivity contribution in [1.29, 1.82) is 0 Å². The van der Waals surface area contributed by atoms with Crippen LogP contribution in [0.5, 0.6) is 0 Å². The summed E-state index contributed by atoms with van der Waals surface area (Å²) in [6.45, 7) is 14.4. The maximum atomic E-state index is 6.41. The van der Waals surface area contributed by atoms with E-state index in [-0.39, 0.29) is 5.92 Å². The second kappa shape index (κ2) is 8.50. The molecule has 0 N–H and O–H groups in total. The van der Waals surface area contributed by atoms with E-state index in [0.29, 0.717) is 0 Å². The molecule has 1 unspecified atom stereocenters. The van der Waals surface area contributed by atoms with Crippen LogP contribution in [0.4, 0.5) is 0 Å². The van der Waals surface area contributed by atoms with Crippen LogP contribution in [0.1, 0.15) is 33.2 Å². The molecule has 4 heteroatoms. The molecule has 4 rings (SSSR count). The maximum Gasteiger partial charge on any atom is 0.0934 e. The third-order valence-electron chi connectivity index (χ3n) is 5.39. The fourth-order valence-electron chi connectivity index (χ4n) is 4.08. The zero-order chi connectivity index (χ0) is 20.4. The van der Waals surface area contributed by atoms with Crippen molar-refractivity contribution in [3.05, 3.63) is 100 Å². The third-order valence-corrected chi connectivity index (χ3v) is 6.66. The Morgan fingerprint density at radius 1 is 1.14 bits per heavy atom. The summed E-state index contributed by atoms with van der Waals surface area (Å²) in [7, 11) is 0. The highest BCUT2D eigenvalue weighted by Gasteiger charge is 2.29. The summed E-state index contributed by atoms with van der Waals surface area (Å²) in [4.78, 5) is 8.36. The standard InChI is InChI=1S/C25H23ClN2S/c1-4-11-28-15-22(21-13-25(26)29-24(21)16-28)20-10-8-7-9-19(20)18-12-17(5-2)23(6-3)27-14-18/h4-10,12-14,22H,1-3,11,15-16H2. The van der Waals surface area contributed by atoms with Crippen LogP contribution in [-0.2, 0) is 6.54 Å². The predicted molar refractivity (Wildman–Crippen MR) is 127 cm³/mol. The number of hydrogen-bond donors (Lipinski definition) is 0. The first-order valence-corrected chi connectivity index (χ1v) is 10.8. The van der Waals surface area contributed by atoms with Crippen LogP contribution in [-0.4, -0.2) is 23.0 Å². The second-order valence-corrected chi connectivity index (χ2v) is 8.93. The van der Waals surface area contributed by atoms with E-state index in [2.05, 4.69) is 66.0 Å². The Labute approximate surface area is 181 Å². The van der Waals surface area contributed by atoms with E-state index in [1.165, 1.54) is 21.6 Å². The summed E-state index contributed by atoms with van der Waals surface area (Å²) in [5, 5.41) is 0. The molecule has 0 radical (unpaired) electrons. The summed E-state index contributed by atoms with van der Waals surface area (Å²) in [6, 6.07) is 12.9. The van der Waals surface area contributed by atoms with Gasteiger partial charge >= 0.3 is 0 Å². The van der Waals surface area contributed by atoms with Gasteiger partial charge in [0.1, 0.15) is 0 Å². The molecule has 1 aliphatic heterocycles. The molecule has 2 aromatic heterocycles. The molecule has 0 aliphatic carbocycles. The molecule has 0 amide bonds. The van der Waals surface area contributed by atoms with Gasteiger partial charge in [0.05, 0.1) is 10.0 Å². The average Bonchev–Trinajstić information content (AvgIpc) is 3.13. The van der Waals surface area contributed by atoms with Gasteiger partial charge in [-0.05, 0) is 34.9 Å². The first-order valence-electron chi connectivity index (χ1n) is 9.60. The lowest BCUT2D eigenvalue weighted by molar-refractivity contribution is 0.270. The Morgan fingerprint density at radius 3 is 2.72 bits per heavy atom. The molecule has 0 saturated carbocycles. The topological polar surface area (TPSA) is 16.1 Å². The van der Waals surface area contributed by atoms with Crippen molar-refractivity contribution >= 4 is 35.1 Å². The zero-order valence-electron chi connectivity index (χ0n) is 16.3. The number of rotatable bonds is 6. The van der Waals surface area contributed by atoms with Crippen LogP contribution in [0.2, 0.25) is 4.34 Å². The molecule has 146 valence electrons. The van der Waals surface area contributed by atoms with Crippen molar-refractivity contribution in [2.45, 2.75) is 12.5 Å². The van der Waals surface area contributed by atoms with Crippen molar-refractivity contribution in [3.63, 3.8) is 0 Å². The Bertz CT molecular complexity index is 1080. The quantitative estimate of drug-likeness (QED) is 0.405. The fourth-order valence-corrected chi connectivity index (χ4v) is 5.46. The number of thiophene rings is 1. The monoisotopic (exact) mass is 418 g/mol. The summed E-state index contributed by atoms with van der Waals surface area (Å²) in [5.74, 6) is 0.255. The van der Waals surface area contributed by atoms with E-state index in [9.17, 15) is 0 Å². The van der Waals surface area contributed by atoms with Crippen molar-refractivity contribution in [3.8, 4) is 11.1 Å². The molecule has 0 saturated heterocycles. The molecule has 1 aromatic carbocycles. The molecule has 1 atom stereocenters. The van der Waals surface area contributed by atoms with E-state index < -0.39 is 0 Å². The minimum Gasteiger partial charge on any atom is -0.294 e. The zero-order valence-corrected chi connectivity index (χ0v) is 17.8. The Morgan fingerprint density at radius 2 is 1.97 bits per heavy atom. The molecule has 0 spiro atoms. The summed E-state index contributed by atoms with van der Waals surface area (Å²) in [6.07, 6.45) is 7.49. The van der Waals surface area contributed by atoms with Gasteiger partial charge in [-0.25, -0.2) is 0 Å². The summed E-state index contributed by atoms with van der Waals surface area (Å²) >= 11 is 8.09. The second-order valence-electron chi connectivity index (χ2n) is 7.16. The highest BCUT2D eigenvalue weighted by atomic mass is 35.5. The van der Waals surface area contributed by atoms with Crippen LogP contribution >= 0.6 is 22.9 Å². The molecule has 1 aliphatic rings. The number of fused-ring (bicyclic) bond motifs is 1. The third kappa shape index (κ3) is 3.86. The average molecular weight is 419 g/mol. The highest BCUT2D eigenvalue weighted by molar-refractivity contribution is 7.16. The van der Waals surface area contributed by atoms with Gasteiger partial charge < -0.3 is 0 Å². The fraction of sp³-hybridized carbons (Fsp3) is 0.160. The first-order chi connectivity index (χ1) is 14.1. The lowest BCUT2D eigenvalue weighted by Gasteiger charge is -2.33. The van der Waals surface area contributed by atoms with Gasteiger partial charge in [-0.15, -0.1) is 17.9 Å². The van der Waals surface area contributed by atoms with Crippen LogP contribution < -0.4 is 0 Å². The molecular weight excluding hydrogens is 396 g/mol. The highest BCUT2D eigenvalue weighted by Crippen LogP contribution is 2.42. The Kier molecular flexibility index (Phi) is 5.81. The van der Waals surface area contributed by atoms with Crippen molar-refractivity contribution in [2.75, 3.05) is 13.1 Å². The van der Waals surface area contributed by atoms with Crippen LogP contribution in [0.25, 0.3) is 23.3 Å².